The lowest BCUT2D eigenvalue weighted by Gasteiger charge is -2.34. The molecule has 0 bridgehead atoms. The summed E-state index contributed by atoms with van der Waals surface area (Å²) in [6.45, 7) is 5.86. The number of hydrogen-bond acceptors (Lipinski definition) is 9. The summed E-state index contributed by atoms with van der Waals surface area (Å²) in [5, 5.41) is 6.35. The molecular weight excluding hydrogens is 542 g/mol. The number of morpholine rings is 1. The first-order valence-electron chi connectivity index (χ1n) is 14.8. The fourth-order valence-electron chi connectivity index (χ4n) is 5.27. The van der Waals surface area contributed by atoms with Crippen LogP contribution in [0.2, 0.25) is 0 Å². The number of aromatic nitrogens is 1. The van der Waals surface area contributed by atoms with Gasteiger partial charge in [-0.3, -0.25) is 19.5 Å². The molecule has 0 radical (unpaired) electrons. The largest absolute Gasteiger partial charge is 0.379 e. The van der Waals surface area contributed by atoms with Gasteiger partial charge in [0.2, 0.25) is 21.6 Å². The summed E-state index contributed by atoms with van der Waals surface area (Å²) in [5.41, 5.74) is 0.768. The zero-order valence-corrected chi connectivity index (χ0v) is 24.6. The number of benzene rings is 1. The molecule has 224 valence electrons. The number of pyridine rings is 1. The highest BCUT2D eigenvalue weighted by atomic mass is 32.2. The molecule has 2 aromatic rings. The predicted octanol–water partition coefficient (Wildman–Crippen LogP) is 2.73. The first kappa shape index (κ1) is 31.2. The molecule has 1 saturated heterocycles. The molecule has 10 nitrogen and oxygen atoms in total. The maximum atomic E-state index is 13.3. The van der Waals surface area contributed by atoms with Crippen LogP contribution in [0.15, 0.2) is 59.8 Å². The number of carbonyl (C=O) groups excluding carboxylic acids is 2. The molecule has 2 atom stereocenters. The van der Waals surface area contributed by atoms with Crippen LogP contribution in [0.5, 0.6) is 0 Å². The molecule has 2 fully saturated rings. The lowest BCUT2D eigenvalue weighted by Crippen LogP contribution is -2.67. The number of unbranched alkanes of at least 4 members (excludes halogenated alkanes) is 5. The highest BCUT2D eigenvalue weighted by Gasteiger charge is 2.48. The molecule has 0 amide bonds. The van der Waals surface area contributed by atoms with Crippen molar-refractivity contribution in [2.45, 2.75) is 61.9 Å². The molecule has 11 heteroatoms. The van der Waals surface area contributed by atoms with E-state index in [1.807, 2.05) is 6.07 Å². The summed E-state index contributed by atoms with van der Waals surface area (Å²) in [6.07, 6.45) is 9.86. The van der Waals surface area contributed by atoms with Crippen molar-refractivity contribution in [2.24, 2.45) is 0 Å². The summed E-state index contributed by atoms with van der Waals surface area (Å²) in [5.74, 6) is -0.750. The predicted molar refractivity (Wildman–Crippen MR) is 158 cm³/mol. The quantitative estimate of drug-likeness (QED) is 0.201. The normalized spacial score (nSPS) is 19.8. The van der Waals surface area contributed by atoms with Gasteiger partial charge in [0.1, 0.15) is 12.1 Å². The Bertz CT molecular complexity index is 1190. The Morgan fingerprint density at radius 3 is 2.20 bits per heavy atom. The summed E-state index contributed by atoms with van der Waals surface area (Å²) >= 11 is 0. The zero-order valence-electron chi connectivity index (χ0n) is 23.7. The fraction of sp³-hybridized carbons (Fsp3) is 0.567. The maximum absolute atomic E-state index is 13.3. The molecular formula is C30H43N5O5S. The number of sulfonamides is 1. The Hall–Kier alpha value is -2.70. The van der Waals surface area contributed by atoms with Crippen LogP contribution in [0.4, 0.5) is 5.69 Å². The van der Waals surface area contributed by atoms with Gasteiger partial charge in [-0.05, 0) is 56.6 Å². The van der Waals surface area contributed by atoms with E-state index in [-0.39, 0.29) is 11.6 Å². The third-order valence-electron chi connectivity index (χ3n) is 7.71. The third-order valence-corrected chi connectivity index (χ3v) is 9.62. The SMILES string of the molecule is O=C1C(=O)C(Nc2ccncc2)C1NCCCCCCCCN(CCCN1CCOCC1)S(=O)(=O)c1ccccc1. The van der Waals surface area contributed by atoms with Crippen LogP contribution in [0.3, 0.4) is 0 Å². The second kappa shape index (κ2) is 16.1. The van der Waals surface area contributed by atoms with Gasteiger partial charge in [0.05, 0.1) is 18.1 Å². The third kappa shape index (κ3) is 9.14. The number of nitrogens with one attached hydrogen (secondary N) is 2. The topological polar surface area (TPSA) is 121 Å². The molecule has 1 aliphatic carbocycles. The Morgan fingerprint density at radius 2 is 1.46 bits per heavy atom. The smallest absolute Gasteiger partial charge is 0.243 e. The highest BCUT2D eigenvalue weighted by molar-refractivity contribution is 7.89. The molecule has 41 heavy (non-hydrogen) atoms. The van der Waals surface area contributed by atoms with E-state index in [1.165, 1.54) is 0 Å². The molecule has 1 saturated carbocycles. The first-order valence-corrected chi connectivity index (χ1v) is 16.2. The summed E-state index contributed by atoms with van der Waals surface area (Å²) in [4.78, 5) is 30.7. The number of carbonyl (C=O) groups is 2. The minimum absolute atomic E-state index is 0.351. The van der Waals surface area contributed by atoms with Crippen LogP contribution in [0.1, 0.15) is 44.9 Å². The molecule has 0 spiro atoms. The Morgan fingerprint density at radius 1 is 0.829 bits per heavy atom. The number of ether oxygens (including phenoxy) is 1. The van der Waals surface area contributed by atoms with Gasteiger partial charge in [0, 0.05) is 44.3 Å². The van der Waals surface area contributed by atoms with Crippen molar-refractivity contribution in [3.63, 3.8) is 0 Å². The van der Waals surface area contributed by atoms with Gasteiger partial charge in [0.25, 0.3) is 0 Å². The molecule has 2 heterocycles. The molecule has 4 rings (SSSR count). The van der Waals surface area contributed by atoms with Crippen LogP contribution in [0, 0.1) is 0 Å². The van der Waals surface area contributed by atoms with E-state index < -0.39 is 22.1 Å². The van der Waals surface area contributed by atoms with Gasteiger partial charge in [-0.2, -0.15) is 4.31 Å². The lowest BCUT2D eigenvalue weighted by atomic mass is 9.82. The maximum Gasteiger partial charge on any atom is 0.243 e. The van der Waals surface area contributed by atoms with Gasteiger partial charge < -0.3 is 15.4 Å². The van der Waals surface area contributed by atoms with Gasteiger partial charge in [-0.15, -0.1) is 0 Å². The van der Waals surface area contributed by atoms with Crippen LogP contribution in [-0.4, -0.2) is 98.7 Å². The number of ketones is 2. The van der Waals surface area contributed by atoms with E-state index in [0.29, 0.717) is 24.5 Å². The summed E-state index contributed by atoms with van der Waals surface area (Å²) in [6, 6.07) is 11.2. The second-order valence-electron chi connectivity index (χ2n) is 10.7. The van der Waals surface area contributed by atoms with Gasteiger partial charge in [-0.25, -0.2) is 8.42 Å². The van der Waals surface area contributed by atoms with Crippen LogP contribution in [0.25, 0.3) is 0 Å². The van der Waals surface area contributed by atoms with Gasteiger partial charge >= 0.3 is 0 Å². The van der Waals surface area contributed by atoms with Crippen molar-refractivity contribution in [1.29, 1.82) is 0 Å². The van der Waals surface area contributed by atoms with Crippen molar-refractivity contribution in [2.75, 3.05) is 57.8 Å². The van der Waals surface area contributed by atoms with E-state index in [0.717, 1.165) is 83.5 Å². The minimum Gasteiger partial charge on any atom is -0.379 e. The first-order chi connectivity index (χ1) is 20.0. The molecule has 2 N–H and O–H groups in total. The highest BCUT2D eigenvalue weighted by Crippen LogP contribution is 2.19. The fourth-order valence-corrected chi connectivity index (χ4v) is 6.81. The van der Waals surface area contributed by atoms with Crippen LogP contribution < -0.4 is 10.6 Å². The summed E-state index contributed by atoms with van der Waals surface area (Å²) in [7, 11) is -3.52. The van der Waals surface area contributed by atoms with Crippen molar-refractivity contribution in [1.82, 2.24) is 19.5 Å². The summed E-state index contributed by atoms with van der Waals surface area (Å²) < 4.78 is 33.7. The Kier molecular flexibility index (Phi) is 12.2. The minimum atomic E-state index is -3.52. The standard InChI is InChI=1S/C30H43N5O5S/c36-29-27(28(30(29)37)33-25-13-16-31-17-14-25)32-15-8-3-1-2-4-9-19-35(20-10-18-34-21-23-40-24-22-34)41(38,39)26-11-6-5-7-12-26/h5-7,11-14,16-17,27-28,32H,1-4,8-10,15,18-24H2,(H,31,33). The van der Waals surface area contributed by atoms with Crippen LogP contribution in [-0.2, 0) is 24.3 Å². The van der Waals surface area contributed by atoms with Gasteiger partial charge in [-0.1, -0.05) is 43.9 Å². The number of anilines is 1. The lowest BCUT2D eigenvalue weighted by molar-refractivity contribution is -0.145. The number of nitrogens with zero attached hydrogens (tertiary/aromatic N) is 3. The van der Waals surface area contributed by atoms with Crippen molar-refractivity contribution >= 4 is 27.3 Å². The molecule has 2 unspecified atom stereocenters. The van der Waals surface area contributed by atoms with Gasteiger partial charge in [0.15, 0.2) is 0 Å². The molecule has 2 aliphatic rings. The van der Waals surface area contributed by atoms with Crippen LogP contribution >= 0.6 is 0 Å². The van der Waals surface area contributed by atoms with E-state index in [2.05, 4.69) is 20.5 Å². The molecule has 1 aliphatic heterocycles. The molecule has 1 aromatic carbocycles. The average Bonchev–Trinajstić information content (AvgIpc) is 3.01. The number of Topliss-reactive ketones (excluding diaryl/α,β-unsaturated/α-hetero) is 2. The van der Waals surface area contributed by atoms with E-state index in [9.17, 15) is 18.0 Å². The molecule has 1 aromatic heterocycles. The average molecular weight is 586 g/mol. The van der Waals surface area contributed by atoms with E-state index in [4.69, 9.17) is 4.74 Å². The van der Waals surface area contributed by atoms with Crippen molar-refractivity contribution in [3.8, 4) is 0 Å². The monoisotopic (exact) mass is 585 g/mol. The van der Waals surface area contributed by atoms with E-state index in [1.54, 1.807) is 53.1 Å². The zero-order chi connectivity index (χ0) is 28.9. The van der Waals surface area contributed by atoms with Crippen molar-refractivity contribution in [3.05, 3.63) is 54.9 Å². The second-order valence-corrected chi connectivity index (χ2v) is 12.6. The van der Waals surface area contributed by atoms with E-state index >= 15 is 0 Å². The number of rotatable bonds is 18. The number of hydrogen-bond donors (Lipinski definition) is 2. The Labute approximate surface area is 243 Å². The van der Waals surface area contributed by atoms with Crippen molar-refractivity contribution < 1.29 is 22.7 Å². The Balaban J connectivity index is 1.12.